The number of aromatic amines is 1. The average Bonchev–Trinajstić information content (AvgIpc) is 3.34. The Morgan fingerprint density at radius 1 is 1.10 bits per heavy atom. The molecule has 1 fully saturated rings. The van der Waals surface area contributed by atoms with Gasteiger partial charge in [-0.3, -0.25) is 4.79 Å². The van der Waals surface area contributed by atoms with E-state index in [1.807, 2.05) is 36.5 Å². The topological polar surface area (TPSA) is 62.7 Å². The summed E-state index contributed by atoms with van der Waals surface area (Å²) in [4.78, 5) is 20.7. The van der Waals surface area contributed by atoms with E-state index >= 15 is 0 Å². The molecule has 148 valence electrons. The maximum Gasteiger partial charge on any atom is 0.253 e. The quantitative estimate of drug-likeness (QED) is 0.531. The highest BCUT2D eigenvalue weighted by Gasteiger charge is 2.26. The van der Waals surface area contributed by atoms with E-state index in [1.165, 1.54) is 11.3 Å². The number of fused-ring (bicyclic) bond motifs is 2. The van der Waals surface area contributed by atoms with Crippen LogP contribution in [0.2, 0.25) is 0 Å². The van der Waals surface area contributed by atoms with Crippen LogP contribution in [0.4, 0.5) is 0 Å². The minimum atomic E-state index is 0.0138. The van der Waals surface area contributed by atoms with Gasteiger partial charge in [-0.25, -0.2) is 4.98 Å². The van der Waals surface area contributed by atoms with Crippen LogP contribution in [0.1, 0.15) is 47.8 Å². The third kappa shape index (κ3) is 3.31. The van der Waals surface area contributed by atoms with Gasteiger partial charge in [-0.15, -0.1) is 0 Å². The summed E-state index contributed by atoms with van der Waals surface area (Å²) in [6.45, 7) is 0.744. The molecule has 5 nitrogen and oxygen atoms in total. The van der Waals surface area contributed by atoms with Gasteiger partial charge in [0.2, 0.25) is 0 Å². The maximum absolute atomic E-state index is 12.6. The van der Waals surface area contributed by atoms with Crippen LogP contribution in [0, 0.1) is 5.92 Å². The number of para-hydroxylation sites is 3. The van der Waals surface area contributed by atoms with E-state index in [-0.39, 0.29) is 5.91 Å². The predicted molar refractivity (Wildman–Crippen MR) is 116 cm³/mol. The first-order valence-corrected chi connectivity index (χ1v) is 10.5. The van der Waals surface area contributed by atoms with Crippen molar-refractivity contribution in [3.8, 4) is 0 Å². The lowest BCUT2D eigenvalue weighted by Gasteiger charge is -2.28. The van der Waals surface area contributed by atoms with Crippen LogP contribution in [-0.4, -0.2) is 27.0 Å². The van der Waals surface area contributed by atoms with E-state index in [9.17, 15) is 4.79 Å². The number of amides is 1. The summed E-state index contributed by atoms with van der Waals surface area (Å²) in [6.07, 6.45) is 6.32. The Labute approximate surface area is 170 Å². The minimum Gasteiger partial charge on any atom is -0.360 e. The van der Waals surface area contributed by atoms with Gasteiger partial charge in [0.15, 0.2) is 0 Å². The summed E-state index contributed by atoms with van der Waals surface area (Å²) in [5, 5.41) is 4.14. The fourth-order valence-electron chi connectivity index (χ4n) is 4.75. The first-order valence-electron chi connectivity index (χ1n) is 10.5. The Morgan fingerprint density at radius 3 is 2.69 bits per heavy atom. The van der Waals surface area contributed by atoms with Crippen LogP contribution in [0.25, 0.3) is 21.9 Å². The van der Waals surface area contributed by atoms with Gasteiger partial charge in [0, 0.05) is 36.6 Å². The summed E-state index contributed by atoms with van der Waals surface area (Å²) in [7, 11) is 2.12. The molecule has 1 aliphatic rings. The van der Waals surface area contributed by atoms with Gasteiger partial charge in [0.25, 0.3) is 5.91 Å². The van der Waals surface area contributed by atoms with Gasteiger partial charge in [-0.05, 0) is 49.8 Å². The number of H-pyrrole nitrogens is 1. The highest BCUT2D eigenvalue weighted by atomic mass is 16.1. The molecule has 2 heterocycles. The number of nitrogens with one attached hydrogen (secondary N) is 2. The SMILES string of the molecule is Cn1c(C2CCC(CNC(=O)c3c[nH]c4ccccc34)CC2)nc2ccccc21. The molecule has 0 bridgehead atoms. The lowest BCUT2D eigenvalue weighted by molar-refractivity contribution is 0.0944. The average molecular weight is 386 g/mol. The van der Waals surface area contributed by atoms with E-state index in [0.29, 0.717) is 11.8 Å². The molecule has 0 radical (unpaired) electrons. The van der Waals surface area contributed by atoms with Crippen molar-refractivity contribution in [3.05, 3.63) is 66.1 Å². The number of aromatic nitrogens is 3. The molecule has 4 aromatic rings. The number of nitrogens with zero attached hydrogens (tertiary/aromatic N) is 2. The van der Waals surface area contributed by atoms with E-state index < -0.39 is 0 Å². The van der Waals surface area contributed by atoms with Crippen LogP contribution in [-0.2, 0) is 7.05 Å². The van der Waals surface area contributed by atoms with Crippen LogP contribution in [0.5, 0.6) is 0 Å². The van der Waals surface area contributed by atoms with Crippen molar-refractivity contribution in [1.29, 1.82) is 0 Å². The summed E-state index contributed by atoms with van der Waals surface area (Å²) in [5.74, 6) is 2.26. The Bertz CT molecular complexity index is 1160. The fourth-order valence-corrected chi connectivity index (χ4v) is 4.75. The normalized spacial score (nSPS) is 19.6. The number of aryl methyl sites for hydroxylation is 1. The molecule has 1 saturated carbocycles. The molecule has 2 N–H and O–H groups in total. The molecule has 1 amide bonds. The monoisotopic (exact) mass is 386 g/mol. The number of hydrogen-bond acceptors (Lipinski definition) is 2. The van der Waals surface area contributed by atoms with Crippen molar-refractivity contribution in [1.82, 2.24) is 19.9 Å². The van der Waals surface area contributed by atoms with Crippen molar-refractivity contribution in [2.24, 2.45) is 13.0 Å². The zero-order valence-corrected chi connectivity index (χ0v) is 16.7. The van der Waals surface area contributed by atoms with Crippen molar-refractivity contribution in [2.75, 3.05) is 6.54 Å². The summed E-state index contributed by atoms with van der Waals surface area (Å²) < 4.78 is 2.25. The fraction of sp³-hybridized carbons (Fsp3) is 0.333. The molecule has 5 heteroatoms. The first-order chi connectivity index (χ1) is 14.2. The van der Waals surface area contributed by atoms with Crippen molar-refractivity contribution in [2.45, 2.75) is 31.6 Å². The second-order valence-electron chi connectivity index (χ2n) is 8.19. The Morgan fingerprint density at radius 2 is 1.86 bits per heavy atom. The van der Waals surface area contributed by atoms with Crippen LogP contribution >= 0.6 is 0 Å². The molecule has 29 heavy (non-hydrogen) atoms. The molecule has 0 saturated heterocycles. The maximum atomic E-state index is 12.6. The third-order valence-electron chi connectivity index (χ3n) is 6.42. The number of benzene rings is 2. The molecule has 1 aliphatic carbocycles. The first kappa shape index (κ1) is 18.0. The third-order valence-corrected chi connectivity index (χ3v) is 6.42. The number of hydrogen-bond donors (Lipinski definition) is 2. The standard InChI is InChI=1S/C24H26N4O/c1-28-22-9-5-4-8-21(22)27-23(28)17-12-10-16(11-13-17)14-26-24(29)19-15-25-20-7-3-2-6-18(19)20/h2-9,15-17,25H,10-14H2,1H3,(H,26,29). The van der Waals surface area contributed by atoms with Crippen molar-refractivity contribution >= 4 is 27.8 Å². The molecule has 0 unspecified atom stereocenters. The highest BCUT2D eigenvalue weighted by molar-refractivity contribution is 6.06. The van der Waals surface area contributed by atoms with Gasteiger partial charge in [-0.2, -0.15) is 0 Å². The zero-order chi connectivity index (χ0) is 19.8. The van der Waals surface area contributed by atoms with E-state index in [4.69, 9.17) is 4.98 Å². The van der Waals surface area contributed by atoms with Gasteiger partial charge < -0.3 is 14.9 Å². The summed E-state index contributed by atoms with van der Waals surface area (Å²) in [6, 6.07) is 16.3. The Kier molecular flexibility index (Phi) is 4.58. The van der Waals surface area contributed by atoms with E-state index in [0.717, 1.165) is 54.2 Å². The van der Waals surface area contributed by atoms with Crippen molar-refractivity contribution in [3.63, 3.8) is 0 Å². The highest BCUT2D eigenvalue weighted by Crippen LogP contribution is 2.36. The predicted octanol–water partition coefficient (Wildman–Crippen LogP) is 4.76. The number of carbonyl (C=O) groups is 1. The summed E-state index contributed by atoms with van der Waals surface area (Å²) >= 11 is 0. The molecule has 5 rings (SSSR count). The molecule has 2 aromatic carbocycles. The zero-order valence-electron chi connectivity index (χ0n) is 16.7. The Hall–Kier alpha value is -3.08. The van der Waals surface area contributed by atoms with Gasteiger partial charge in [0.05, 0.1) is 16.6 Å². The number of carbonyl (C=O) groups excluding carboxylic acids is 1. The largest absolute Gasteiger partial charge is 0.360 e. The molecule has 2 aromatic heterocycles. The van der Waals surface area contributed by atoms with Gasteiger partial charge >= 0.3 is 0 Å². The molecular formula is C24H26N4O. The smallest absolute Gasteiger partial charge is 0.253 e. The summed E-state index contributed by atoms with van der Waals surface area (Å²) in [5.41, 5.74) is 4.02. The second-order valence-corrected chi connectivity index (χ2v) is 8.19. The van der Waals surface area contributed by atoms with Crippen LogP contribution in [0.15, 0.2) is 54.7 Å². The minimum absolute atomic E-state index is 0.0138. The molecular weight excluding hydrogens is 360 g/mol. The number of imidazole rings is 1. The lowest BCUT2D eigenvalue weighted by atomic mass is 9.81. The Balaban J connectivity index is 1.20. The van der Waals surface area contributed by atoms with E-state index in [2.05, 4.69) is 40.1 Å². The van der Waals surface area contributed by atoms with Crippen LogP contribution in [0.3, 0.4) is 0 Å². The number of rotatable bonds is 4. The van der Waals surface area contributed by atoms with Crippen LogP contribution < -0.4 is 5.32 Å². The molecule has 0 spiro atoms. The second kappa shape index (κ2) is 7.39. The van der Waals surface area contributed by atoms with Gasteiger partial charge in [0.1, 0.15) is 5.82 Å². The molecule has 0 atom stereocenters. The van der Waals surface area contributed by atoms with Crippen molar-refractivity contribution < 1.29 is 4.79 Å². The molecule has 0 aliphatic heterocycles. The van der Waals surface area contributed by atoms with Gasteiger partial charge in [-0.1, -0.05) is 30.3 Å². The van der Waals surface area contributed by atoms with E-state index in [1.54, 1.807) is 0 Å². The lowest BCUT2D eigenvalue weighted by Crippen LogP contribution is -2.31.